The van der Waals surface area contributed by atoms with Gasteiger partial charge >= 0.3 is 0 Å². The molecule has 7 heteroatoms. The predicted molar refractivity (Wildman–Crippen MR) is 80.9 cm³/mol. The summed E-state index contributed by atoms with van der Waals surface area (Å²) >= 11 is 1.33. The van der Waals surface area contributed by atoms with Crippen molar-refractivity contribution in [2.75, 3.05) is 6.61 Å². The Morgan fingerprint density at radius 2 is 2.14 bits per heavy atom. The minimum absolute atomic E-state index is 0.279. The average Bonchev–Trinajstić information content (AvgIpc) is 3.05. The van der Waals surface area contributed by atoms with E-state index in [0.717, 1.165) is 0 Å². The summed E-state index contributed by atoms with van der Waals surface area (Å²) in [5.74, 6) is -1.18. The van der Waals surface area contributed by atoms with Crippen LogP contribution in [0.4, 0.5) is 0 Å². The Morgan fingerprint density at radius 1 is 1.32 bits per heavy atom. The van der Waals surface area contributed by atoms with Crippen LogP contribution >= 0.6 is 11.3 Å². The summed E-state index contributed by atoms with van der Waals surface area (Å²) in [4.78, 5) is 22.7. The number of nitrogens with zero attached hydrogens (tertiary/aromatic N) is 1. The Balaban J connectivity index is 2.03. The van der Waals surface area contributed by atoms with E-state index in [-0.39, 0.29) is 5.91 Å². The number of benzene rings is 1. The Morgan fingerprint density at radius 3 is 2.82 bits per heavy atom. The molecule has 1 amide bonds. The lowest BCUT2D eigenvalue weighted by molar-refractivity contribution is -0.307. The number of hydrogen-bond donors (Lipinski definition) is 1. The maximum absolute atomic E-state index is 11.8. The molecule has 0 bridgehead atoms. The monoisotopic (exact) mass is 317 g/mol. The van der Waals surface area contributed by atoms with E-state index in [1.165, 1.54) is 11.3 Å². The highest BCUT2D eigenvalue weighted by Gasteiger charge is 2.06. The van der Waals surface area contributed by atoms with E-state index < -0.39 is 12.6 Å². The number of rotatable bonds is 6. The molecule has 6 nitrogen and oxygen atoms in total. The molecule has 0 aliphatic carbocycles. The lowest BCUT2D eigenvalue weighted by atomic mass is 10.1. The number of carboxylic acids is 1. The van der Waals surface area contributed by atoms with E-state index in [4.69, 9.17) is 4.74 Å². The molecule has 2 rings (SSSR count). The molecule has 114 valence electrons. The molecular weight excluding hydrogens is 304 g/mol. The highest BCUT2D eigenvalue weighted by atomic mass is 32.1. The minimum Gasteiger partial charge on any atom is -0.546 e. The molecule has 0 fully saturated rings. The number of aliphatic carboxylic acids is 1. The summed E-state index contributed by atoms with van der Waals surface area (Å²) in [6.07, 6.45) is 0. The molecule has 0 radical (unpaired) electrons. The van der Waals surface area contributed by atoms with Gasteiger partial charge in [0.2, 0.25) is 0 Å². The molecule has 0 saturated heterocycles. The Kier molecular flexibility index (Phi) is 5.26. The van der Waals surface area contributed by atoms with Crippen LogP contribution in [0.5, 0.6) is 5.75 Å². The molecule has 1 N–H and O–H groups in total. The molecule has 1 aromatic carbocycles. The fourth-order valence-electron chi connectivity index (χ4n) is 1.62. The second kappa shape index (κ2) is 7.37. The summed E-state index contributed by atoms with van der Waals surface area (Å²) in [5, 5.41) is 16.2. The highest BCUT2D eigenvalue weighted by Crippen LogP contribution is 2.14. The Bertz CT molecular complexity index is 695. The van der Waals surface area contributed by atoms with Crippen LogP contribution in [0.3, 0.4) is 0 Å². The van der Waals surface area contributed by atoms with Crippen molar-refractivity contribution in [3.63, 3.8) is 0 Å². The predicted octanol–water partition coefficient (Wildman–Crippen LogP) is 1.03. The van der Waals surface area contributed by atoms with E-state index in [0.29, 0.717) is 21.9 Å². The van der Waals surface area contributed by atoms with Gasteiger partial charge in [0.25, 0.3) is 5.91 Å². The molecule has 1 aromatic heterocycles. The number of thiophene rings is 1. The molecule has 0 saturated carbocycles. The van der Waals surface area contributed by atoms with Gasteiger partial charge in [0.15, 0.2) is 0 Å². The first-order chi connectivity index (χ1) is 10.6. The van der Waals surface area contributed by atoms with E-state index >= 15 is 0 Å². The van der Waals surface area contributed by atoms with Crippen molar-refractivity contribution >= 4 is 28.9 Å². The van der Waals surface area contributed by atoms with Gasteiger partial charge in [-0.1, -0.05) is 18.2 Å². The molecule has 1 heterocycles. The van der Waals surface area contributed by atoms with E-state index in [1.54, 1.807) is 43.3 Å². The van der Waals surface area contributed by atoms with Crippen LogP contribution in [0.15, 0.2) is 46.9 Å². The van der Waals surface area contributed by atoms with Crippen LogP contribution < -0.4 is 15.3 Å². The molecule has 0 spiro atoms. The minimum atomic E-state index is -1.29. The number of amides is 1. The van der Waals surface area contributed by atoms with Gasteiger partial charge in [-0.2, -0.15) is 5.10 Å². The van der Waals surface area contributed by atoms with E-state index in [9.17, 15) is 14.7 Å². The quantitative estimate of drug-likeness (QED) is 0.636. The second-order valence-corrected chi connectivity index (χ2v) is 5.25. The van der Waals surface area contributed by atoms with Gasteiger partial charge in [-0.15, -0.1) is 11.3 Å². The zero-order valence-corrected chi connectivity index (χ0v) is 12.6. The van der Waals surface area contributed by atoms with Crippen LogP contribution in [0.2, 0.25) is 0 Å². The third-order valence-electron chi connectivity index (χ3n) is 2.68. The summed E-state index contributed by atoms with van der Waals surface area (Å²) < 4.78 is 5.04. The van der Waals surface area contributed by atoms with Crippen LogP contribution in [0.25, 0.3) is 0 Å². The number of carbonyl (C=O) groups excluding carboxylic acids is 2. The normalized spacial score (nSPS) is 11.0. The average molecular weight is 317 g/mol. The van der Waals surface area contributed by atoms with Gasteiger partial charge in [-0.05, 0) is 30.5 Å². The van der Waals surface area contributed by atoms with Crippen LogP contribution in [0.1, 0.15) is 22.2 Å². The third kappa shape index (κ3) is 4.42. The summed E-state index contributed by atoms with van der Waals surface area (Å²) in [7, 11) is 0. The van der Waals surface area contributed by atoms with Gasteiger partial charge in [0.1, 0.15) is 12.4 Å². The van der Waals surface area contributed by atoms with Crippen LogP contribution in [-0.2, 0) is 4.79 Å². The Hall–Kier alpha value is -2.67. The lowest BCUT2D eigenvalue weighted by Crippen LogP contribution is -2.28. The van der Waals surface area contributed by atoms with Crippen LogP contribution in [0, 0.1) is 0 Å². The molecule has 22 heavy (non-hydrogen) atoms. The van der Waals surface area contributed by atoms with Crippen molar-refractivity contribution in [3.05, 3.63) is 52.2 Å². The van der Waals surface area contributed by atoms with E-state index in [1.807, 2.05) is 5.38 Å². The molecule has 0 aliphatic heterocycles. The maximum Gasteiger partial charge on any atom is 0.281 e. The second-order valence-electron chi connectivity index (χ2n) is 4.30. The zero-order valence-electron chi connectivity index (χ0n) is 11.7. The topological polar surface area (TPSA) is 90.8 Å². The number of carbonyl (C=O) groups is 2. The first-order valence-electron chi connectivity index (χ1n) is 6.37. The number of nitrogens with one attached hydrogen (secondary N) is 1. The smallest absolute Gasteiger partial charge is 0.281 e. The maximum atomic E-state index is 11.8. The number of ether oxygens (including phenoxy) is 1. The van der Waals surface area contributed by atoms with Crippen molar-refractivity contribution < 1.29 is 19.4 Å². The summed E-state index contributed by atoms with van der Waals surface area (Å²) in [6, 6.07) is 10.2. The van der Waals surface area contributed by atoms with Gasteiger partial charge < -0.3 is 14.6 Å². The Labute approximate surface area is 131 Å². The fourth-order valence-corrected chi connectivity index (χ4v) is 2.23. The first-order valence-corrected chi connectivity index (χ1v) is 7.25. The number of hydrogen-bond acceptors (Lipinski definition) is 6. The van der Waals surface area contributed by atoms with Crippen molar-refractivity contribution in [3.8, 4) is 5.75 Å². The number of hydrazone groups is 1. The first kappa shape index (κ1) is 15.7. The SMILES string of the molecule is C/C(=N/NC(=O)c1cccs1)c1cccc(OCC(=O)[O-])c1. The van der Waals surface area contributed by atoms with Crippen molar-refractivity contribution in [2.45, 2.75) is 6.92 Å². The van der Waals surface area contributed by atoms with Gasteiger partial charge in [-0.3, -0.25) is 4.79 Å². The third-order valence-corrected chi connectivity index (χ3v) is 3.55. The number of carboxylic acid groups (broad SMARTS) is 1. The van der Waals surface area contributed by atoms with Crippen molar-refractivity contribution in [1.82, 2.24) is 5.43 Å². The van der Waals surface area contributed by atoms with Crippen molar-refractivity contribution in [2.24, 2.45) is 5.10 Å². The molecule has 0 aliphatic rings. The standard InChI is InChI=1S/C15H14N2O4S/c1-10(16-17-15(20)13-6-3-7-22-13)11-4-2-5-12(8-11)21-9-14(18)19/h2-8H,9H2,1H3,(H,17,20)(H,18,19)/p-1/b16-10-. The van der Waals surface area contributed by atoms with Gasteiger partial charge in [0.05, 0.1) is 16.6 Å². The molecule has 0 unspecified atom stereocenters. The lowest BCUT2D eigenvalue weighted by Gasteiger charge is -2.08. The van der Waals surface area contributed by atoms with Gasteiger partial charge in [-0.25, -0.2) is 5.43 Å². The fraction of sp³-hybridized carbons (Fsp3) is 0.133. The van der Waals surface area contributed by atoms with Crippen LogP contribution in [-0.4, -0.2) is 24.2 Å². The van der Waals surface area contributed by atoms with Gasteiger partial charge in [0, 0.05) is 5.56 Å². The summed E-state index contributed by atoms with van der Waals surface area (Å²) in [6.45, 7) is 1.21. The molecule has 0 atom stereocenters. The molecular formula is C15H13N2O4S-. The molecule has 2 aromatic rings. The zero-order chi connectivity index (χ0) is 15.9. The highest BCUT2D eigenvalue weighted by molar-refractivity contribution is 7.12. The summed E-state index contributed by atoms with van der Waals surface area (Å²) in [5.41, 5.74) is 3.75. The van der Waals surface area contributed by atoms with E-state index in [2.05, 4.69) is 10.5 Å². The largest absolute Gasteiger partial charge is 0.546 e. The van der Waals surface area contributed by atoms with Crippen molar-refractivity contribution in [1.29, 1.82) is 0 Å².